The lowest BCUT2D eigenvalue weighted by Crippen LogP contribution is -1.90. The molecule has 1 aromatic heterocycles. The molecular weight excluding hydrogens is 210 g/mol. The summed E-state index contributed by atoms with van der Waals surface area (Å²) in [4.78, 5) is 3.97. The van der Waals surface area contributed by atoms with Gasteiger partial charge in [0.15, 0.2) is 0 Å². The summed E-state index contributed by atoms with van der Waals surface area (Å²) in [5, 5.41) is 0. The molecule has 0 saturated carbocycles. The molecule has 0 amide bonds. The van der Waals surface area contributed by atoms with Gasteiger partial charge in [-0.15, -0.1) is 0 Å². The summed E-state index contributed by atoms with van der Waals surface area (Å²) in [5.41, 5.74) is 2.33. The minimum atomic E-state index is 0.585. The highest BCUT2D eigenvalue weighted by Crippen LogP contribution is 2.05. The second-order valence-electron chi connectivity index (χ2n) is 3.83. The van der Waals surface area contributed by atoms with Crippen molar-refractivity contribution in [2.75, 3.05) is 0 Å². The fourth-order valence-electron chi connectivity index (χ4n) is 1.29. The van der Waals surface area contributed by atoms with E-state index < -0.39 is 0 Å². The minimum Gasteiger partial charge on any atom is -0.494 e. The zero-order valence-electron chi connectivity index (χ0n) is 10.7. The highest BCUT2D eigenvalue weighted by Gasteiger charge is 1.92. The molecular formula is C15H19NO. The summed E-state index contributed by atoms with van der Waals surface area (Å²) in [6.45, 7) is 6.61. The minimum absolute atomic E-state index is 0.585. The number of pyridine rings is 1. The predicted molar refractivity (Wildman–Crippen MR) is 71.4 cm³/mol. The van der Waals surface area contributed by atoms with Gasteiger partial charge in [-0.3, -0.25) is 4.98 Å². The van der Waals surface area contributed by atoms with Gasteiger partial charge in [0, 0.05) is 12.4 Å². The number of ether oxygens (including phenoxy) is 1. The van der Waals surface area contributed by atoms with Crippen LogP contribution in [0.25, 0.3) is 0 Å². The third-order valence-corrected chi connectivity index (χ3v) is 2.23. The Morgan fingerprint density at radius 3 is 2.59 bits per heavy atom. The van der Waals surface area contributed by atoms with Crippen molar-refractivity contribution < 1.29 is 4.74 Å². The molecule has 0 aromatic carbocycles. The van der Waals surface area contributed by atoms with Crippen LogP contribution >= 0.6 is 0 Å². The lowest BCUT2D eigenvalue weighted by molar-refractivity contribution is 0.201. The lowest BCUT2D eigenvalue weighted by Gasteiger charge is -2.05. The van der Waals surface area contributed by atoms with Gasteiger partial charge in [0.05, 0.1) is 5.76 Å². The van der Waals surface area contributed by atoms with Crippen LogP contribution in [0.3, 0.4) is 0 Å². The molecule has 2 nitrogen and oxygen atoms in total. The molecule has 0 aliphatic carbocycles. The summed E-state index contributed by atoms with van der Waals surface area (Å²) in [6, 6.07) is 3.91. The second kappa shape index (κ2) is 7.44. The summed E-state index contributed by atoms with van der Waals surface area (Å²) in [7, 11) is 0. The van der Waals surface area contributed by atoms with Crippen LogP contribution in [0.2, 0.25) is 0 Å². The average molecular weight is 229 g/mol. The smallest absolute Gasteiger partial charge is 0.113 e. The van der Waals surface area contributed by atoms with Crippen molar-refractivity contribution in [1.82, 2.24) is 4.98 Å². The molecule has 0 unspecified atom stereocenters. The van der Waals surface area contributed by atoms with Crippen LogP contribution < -0.4 is 0 Å². The van der Waals surface area contributed by atoms with Crippen LogP contribution in [-0.4, -0.2) is 4.98 Å². The van der Waals surface area contributed by atoms with E-state index in [0.29, 0.717) is 6.61 Å². The summed E-state index contributed by atoms with van der Waals surface area (Å²) in [6.07, 6.45) is 11.7. The SMILES string of the molecule is C\C=C/C(C)=C\C=C(/C)OCc1ccncc1. The Bertz CT molecular complexity index is 416. The molecule has 1 rings (SSSR count). The van der Waals surface area contributed by atoms with Gasteiger partial charge < -0.3 is 4.74 Å². The average Bonchev–Trinajstić information content (AvgIpc) is 2.35. The van der Waals surface area contributed by atoms with Crippen molar-refractivity contribution in [3.63, 3.8) is 0 Å². The van der Waals surface area contributed by atoms with Crippen LogP contribution in [0.4, 0.5) is 0 Å². The lowest BCUT2D eigenvalue weighted by atomic mass is 10.2. The monoisotopic (exact) mass is 229 g/mol. The van der Waals surface area contributed by atoms with E-state index in [9.17, 15) is 0 Å². The Morgan fingerprint density at radius 1 is 1.24 bits per heavy atom. The molecule has 2 heteroatoms. The first-order valence-electron chi connectivity index (χ1n) is 5.72. The first kappa shape index (κ1) is 13.2. The largest absolute Gasteiger partial charge is 0.494 e. The molecule has 0 atom stereocenters. The molecule has 1 heterocycles. The van der Waals surface area contributed by atoms with Crippen molar-refractivity contribution in [1.29, 1.82) is 0 Å². The van der Waals surface area contributed by atoms with Crippen molar-refractivity contribution in [3.05, 3.63) is 65.7 Å². The number of nitrogens with zero attached hydrogens (tertiary/aromatic N) is 1. The van der Waals surface area contributed by atoms with Crippen molar-refractivity contribution in [3.8, 4) is 0 Å². The topological polar surface area (TPSA) is 22.1 Å². The van der Waals surface area contributed by atoms with Gasteiger partial charge in [-0.2, -0.15) is 0 Å². The standard InChI is InChI=1S/C15H19NO/c1-4-5-13(2)6-7-14(3)17-12-15-8-10-16-11-9-15/h4-11H,12H2,1-3H3/b5-4-,13-6-,14-7+. The van der Waals surface area contributed by atoms with Crippen molar-refractivity contribution >= 4 is 0 Å². The van der Waals surface area contributed by atoms with Gasteiger partial charge in [-0.05, 0) is 44.5 Å². The van der Waals surface area contributed by atoms with E-state index in [1.54, 1.807) is 12.4 Å². The van der Waals surface area contributed by atoms with E-state index in [1.807, 2.05) is 44.2 Å². The molecule has 0 N–H and O–H groups in total. The number of aromatic nitrogens is 1. The summed E-state index contributed by atoms with van der Waals surface area (Å²) < 4.78 is 5.62. The Morgan fingerprint density at radius 2 is 1.94 bits per heavy atom. The van der Waals surface area contributed by atoms with Gasteiger partial charge in [0.2, 0.25) is 0 Å². The summed E-state index contributed by atoms with van der Waals surface area (Å²) >= 11 is 0. The van der Waals surface area contributed by atoms with E-state index in [0.717, 1.165) is 11.3 Å². The molecule has 0 radical (unpaired) electrons. The van der Waals surface area contributed by atoms with Crippen LogP contribution in [0, 0.1) is 0 Å². The fraction of sp³-hybridized carbons (Fsp3) is 0.267. The van der Waals surface area contributed by atoms with Crippen LogP contribution in [0.1, 0.15) is 26.3 Å². The summed E-state index contributed by atoms with van der Waals surface area (Å²) in [5.74, 6) is 0.908. The van der Waals surface area contributed by atoms with E-state index in [-0.39, 0.29) is 0 Å². The maximum Gasteiger partial charge on any atom is 0.113 e. The molecule has 1 aromatic rings. The highest BCUT2D eigenvalue weighted by molar-refractivity contribution is 5.22. The van der Waals surface area contributed by atoms with Crippen LogP contribution in [0.15, 0.2) is 60.2 Å². The quantitative estimate of drug-likeness (QED) is 0.562. The zero-order valence-corrected chi connectivity index (χ0v) is 10.7. The van der Waals surface area contributed by atoms with E-state index >= 15 is 0 Å². The van der Waals surface area contributed by atoms with E-state index in [1.165, 1.54) is 5.57 Å². The van der Waals surface area contributed by atoms with E-state index in [2.05, 4.69) is 18.0 Å². The Kier molecular flexibility index (Phi) is 5.80. The third kappa shape index (κ3) is 5.71. The normalized spacial score (nSPS) is 13.1. The maximum absolute atomic E-state index is 5.62. The number of hydrogen-bond acceptors (Lipinski definition) is 2. The molecule has 0 aliphatic rings. The van der Waals surface area contributed by atoms with Crippen molar-refractivity contribution in [2.24, 2.45) is 0 Å². The van der Waals surface area contributed by atoms with Crippen molar-refractivity contribution in [2.45, 2.75) is 27.4 Å². The van der Waals surface area contributed by atoms with Gasteiger partial charge in [0.25, 0.3) is 0 Å². The maximum atomic E-state index is 5.62. The van der Waals surface area contributed by atoms with Gasteiger partial charge in [0.1, 0.15) is 6.61 Å². The zero-order chi connectivity index (χ0) is 12.5. The van der Waals surface area contributed by atoms with Gasteiger partial charge >= 0.3 is 0 Å². The van der Waals surface area contributed by atoms with E-state index in [4.69, 9.17) is 4.74 Å². The molecule has 0 spiro atoms. The molecule has 0 fully saturated rings. The molecule has 0 aliphatic heterocycles. The second-order valence-corrected chi connectivity index (χ2v) is 3.83. The Labute approximate surface area is 103 Å². The van der Waals surface area contributed by atoms with Gasteiger partial charge in [-0.1, -0.05) is 23.8 Å². The first-order valence-corrected chi connectivity index (χ1v) is 5.72. The molecule has 0 bridgehead atoms. The number of allylic oxidation sites excluding steroid dienone is 6. The van der Waals surface area contributed by atoms with Crippen LogP contribution in [0.5, 0.6) is 0 Å². The van der Waals surface area contributed by atoms with Crippen LogP contribution in [-0.2, 0) is 11.3 Å². The highest BCUT2D eigenvalue weighted by atomic mass is 16.5. The Balaban J connectivity index is 2.47. The molecule has 0 saturated heterocycles. The third-order valence-electron chi connectivity index (χ3n) is 2.23. The Hall–Kier alpha value is -1.83. The molecule has 17 heavy (non-hydrogen) atoms. The fourth-order valence-corrected chi connectivity index (χ4v) is 1.29. The molecule has 90 valence electrons. The number of rotatable bonds is 5. The number of hydrogen-bond donors (Lipinski definition) is 0. The van der Waals surface area contributed by atoms with Gasteiger partial charge in [-0.25, -0.2) is 0 Å². The first-order chi connectivity index (χ1) is 8.22. The predicted octanol–water partition coefficient (Wildman–Crippen LogP) is 4.02.